The molecule has 0 aliphatic carbocycles. The van der Waals surface area contributed by atoms with Crippen molar-refractivity contribution in [2.24, 2.45) is 0 Å². The average molecular weight is 331 g/mol. The van der Waals surface area contributed by atoms with Crippen molar-refractivity contribution in [3.8, 4) is 0 Å². The first-order chi connectivity index (χ1) is 9.63. The highest BCUT2D eigenvalue weighted by atomic mass is 35.5. The zero-order valence-corrected chi connectivity index (χ0v) is 12.9. The van der Waals surface area contributed by atoms with E-state index in [1.807, 2.05) is 30.3 Å². The van der Waals surface area contributed by atoms with E-state index in [2.05, 4.69) is 5.32 Å². The highest BCUT2D eigenvalue weighted by Gasteiger charge is 2.13. The van der Waals surface area contributed by atoms with Gasteiger partial charge in [-0.3, -0.25) is 0 Å². The Morgan fingerprint density at radius 1 is 0.950 bits per heavy atom. The molecule has 0 radical (unpaired) electrons. The third kappa shape index (κ3) is 3.66. The molecule has 0 aliphatic heterocycles. The largest absolute Gasteiger partial charge is 0.394 e. The number of benzene rings is 2. The molecule has 0 bridgehead atoms. The van der Waals surface area contributed by atoms with Gasteiger partial charge < -0.3 is 10.4 Å². The molecule has 0 aliphatic rings. The van der Waals surface area contributed by atoms with Gasteiger partial charge in [0.25, 0.3) is 0 Å². The van der Waals surface area contributed by atoms with Crippen LogP contribution in [0.15, 0.2) is 42.5 Å². The Balaban J connectivity index is 2.14. The maximum absolute atomic E-state index is 9.50. The van der Waals surface area contributed by atoms with Crippen LogP contribution in [0, 0.1) is 0 Å². The number of halogens is 3. The van der Waals surface area contributed by atoms with Gasteiger partial charge in [0, 0.05) is 17.1 Å². The Labute approximate surface area is 133 Å². The van der Waals surface area contributed by atoms with E-state index >= 15 is 0 Å². The predicted molar refractivity (Wildman–Crippen MR) is 84.6 cm³/mol. The van der Waals surface area contributed by atoms with Crippen LogP contribution in [-0.2, 0) is 6.54 Å². The quantitative estimate of drug-likeness (QED) is 0.793. The highest BCUT2D eigenvalue weighted by molar-refractivity contribution is 6.44. The fourth-order valence-corrected chi connectivity index (χ4v) is 2.61. The first kappa shape index (κ1) is 15.6. The normalized spacial score (nSPS) is 12.4. The zero-order valence-electron chi connectivity index (χ0n) is 10.6. The third-order valence-electron chi connectivity index (χ3n) is 3.05. The Kier molecular flexibility index (Phi) is 5.70. The molecule has 0 unspecified atom stereocenters. The summed E-state index contributed by atoms with van der Waals surface area (Å²) in [5, 5.41) is 14.2. The monoisotopic (exact) mass is 329 g/mol. The first-order valence-electron chi connectivity index (χ1n) is 6.15. The molecule has 5 heteroatoms. The van der Waals surface area contributed by atoms with E-state index in [4.69, 9.17) is 34.8 Å². The summed E-state index contributed by atoms with van der Waals surface area (Å²) in [4.78, 5) is 0. The molecule has 2 nitrogen and oxygen atoms in total. The molecule has 1 atom stereocenters. The molecule has 0 amide bonds. The van der Waals surface area contributed by atoms with Crippen molar-refractivity contribution in [2.45, 2.75) is 12.6 Å². The smallest absolute Gasteiger partial charge is 0.0652 e. The summed E-state index contributed by atoms with van der Waals surface area (Å²) in [5.74, 6) is 0. The Bertz CT molecular complexity index is 575. The summed E-state index contributed by atoms with van der Waals surface area (Å²) in [5.41, 5.74) is 1.74. The molecule has 0 saturated heterocycles. The highest BCUT2D eigenvalue weighted by Crippen LogP contribution is 2.31. The maximum atomic E-state index is 9.50. The lowest BCUT2D eigenvalue weighted by molar-refractivity contribution is 0.243. The van der Waals surface area contributed by atoms with E-state index in [0.29, 0.717) is 21.6 Å². The molecule has 2 aromatic carbocycles. The molecule has 2 N–H and O–H groups in total. The van der Waals surface area contributed by atoms with Gasteiger partial charge in [0.1, 0.15) is 0 Å². The summed E-state index contributed by atoms with van der Waals surface area (Å²) < 4.78 is 0. The SMILES string of the molecule is OC[C@@H](NCc1c(Cl)ccc(Cl)c1Cl)c1ccccc1. The molecule has 106 valence electrons. The minimum atomic E-state index is -0.178. The van der Waals surface area contributed by atoms with Crippen molar-refractivity contribution >= 4 is 34.8 Å². The van der Waals surface area contributed by atoms with E-state index < -0.39 is 0 Å². The van der Waals surface area contributed by atoms with Crippen LogP contribution in [0.2, 0.25) is 15.1 Å². The number of aliphatic hydroxyl groups is 1. The van der Waals surface area contributed by atoms with Crippen molar-refractivity contribution in [2.75, 3.05) is 6.61 Å². The Hall–Kier alpha value is -0.770. The van der Waals surface area contributed by atoms with Gasteiger partial charge in [0.2, 0.25) is 0 Å². The summed E-state index contributed by atoms with van der Waals surface area (Å²) >= 11 is 18.3. The van der Waals surface area contributed by atoms with Gasteiger partial charge in [0.05, 0.1) is 22.7 Å². The molecule has 0 saturated carbocycles. The first-order valence-corrected chi connectivity index (χ1v) is 7.28. The number of hydrogen-bond acceptors (Lipinski definition) is 2. The van der Waals surface area contributed by atoms with Gasteiger partial charge >= 0.3 is 0 Å². The van der Waals surface area contributed by atoms with Crippen molar-refractivity contribution in [1.29, 1.82) is 0 Å². The zero-order chi connectivity index (χ0) is 14.5. The fourth-order valence-electron chi connectivity index (χ4n) is 1.93. The third-order valence-corrected chi connectivity index (χ3v) is 4.25. The molecule has 0 spiro atoms. The van der Waals surface area contributed by atoms with Crippen molar-refractivity contribution < 1.29 is 5.11 Å². The van der Waals surface area contributed by atoms with Crippen LogP contribution in [0.3, 0.4) is 0 Å². The van der Waals surface area contributed by atoms with Crippen LogP contribution in [0.4, 0.5) is 0 Å². The molecule has 2 aromatic rings. The second-order valence-corrected chi connectivity index (χ2v) is 5.54. The molecule has 2 rings (SSSR count). The number of nitrogens with one attached hydrogen (secondary N) is 1. The number of aliphatic hydroxyl groups excluding tert-OH is 1. The summed E-state index contributed by atoms with van der Waals surface area (Å²) in [6.45, 7) is 0.415. The van der Waals surface area contributed by atoms with Gasteiger partial charge in [-0.25, -0.2) is 0 Å². The van der Waals surface area contributed by atoms with Gasteiger partial charge in [-0.2, -0.15) is 0 Å². The van der Waals surface area contributed by atoms with Crippen LogP contribution in [0.1, 0.15) is 17.2 Å². The van der Waals surface area contributed by atoms with Crippen molar-refractivity contribution in [1.82, 2.24) is 5.32 Å². The molecule has 20 heavy (non-hydrogen) atoms. The average Bonchev–Trinajstić information content (AvgIpc) is 2.48. The number of hydrogen-bond donors (Lipinski definition) is 2. The van der Waals surface area contributed by atoms with Gasteiger partial charge in [-0.15, -0.1) is 0 Å². The standard InChI is InChI=1S/C15H14Cl3NO/c16-12-6-7-13(17)15(18)11(12)8-19-14(9-20)10-4-2-1-3-5-10/h1-7,14,19-20H,8-9H2/t14-/m1/s1. The minimum absolute atomic E-state index is 0.0141. The van der Waals surface area contributed by atoms with Gasteiger partial charge in [-0.05, 0) is 17.7 Å². The van der Waals surface area contributed by atoms with Crippen LogP contribution < -0.4 is 5.32 Å². The second-order valence-electron chi connectivity index (χ2n) is 4.35. The number of rotatable bonds is 5. The summed E-state index contributed by atoms with van der Waals surface area (Å²) in [7, 11) is 0. The lowest BCUT2D eigenvalue weighted by Crippen LogP contribution is -2.24. The molecular formula is C15H14Cl3NO. The maximum Gasteiger partial charge on any atom is 0.0652 e. The topological polar surface area (TPSA) is 32.3 Å². The van der Waals surface area contributed by atoms with Gasteiger partial charge in [0.15, 0.2) is 0 Å². The molecule has 0 fully saturated rings. The van der Waals surface area contributed by atoms with Crippen LogP contribution in [0.25, 0.3) is 0 Å². The van der Waals surface area contributed by atoms with Gasteiger partial charge in [-0.1, -0.05) is 65.1 Å². The van der Waals surface area contributed by atoms with Crippen LogP contribution in [-0.4, -0.2) is 11.7 Å². The van der Waals surface area contributed by atoms with Crippen LogP contribution in [0.5, 0.6) is 0 Å². The van der Waals surface area contributed by atoms with E-state index in [-0.39, 0.29) is 12.6 Å². The lowest BCUT2D eigenvalue weighted by Gasteiger charge is -2.18. The lowest BCUT2D eigenvalue weighted by atomic mass is 10.1. The van der Waals surface area contributed by atoms with Crippen molar-refractivity contribution in [3.05, 3.63) is 68.7 Å². The molecule has 0 heterocycles. The van der Waals surface area contributed by atoms with E-state index in [0.717, 1.165) is 11.1 Å². The second kappa shape index (κ2) is 7.30. The molecular weight excluding hydrogens is 317 g/mol. The summed E-state index contributed by atoms with van der Waals surface area (Å²) in [6.07, 6.45) is 0. The van der Waals surface area contributed by atoms with E-state index in [1.54, 1.807) is 12.1 Å². The van der Waals surface area contributed by atoms with Crippen molar-refractivity contribution in [3.63, 3.8) is 0 Å². The minimum Gasteiger partial charge on any atom is -0.394 e. The van der Waals surface area contributed by atoms with E-state index in [1.165, 1.54) is 0 Å². The Morgan fingerprint density at radius 2 is 1.60 bits per heavy atom. The summed E-state index contributed by atoms with van der Waals surface area (Å²) in [6, 6.07) is 12.9. The van der Waals surface area contributed by atoms with Crippen LogP contribution >= 0.6 is 34.8 Å². The predicted octanol–water partition coefficient (Wildman–Crippen LogP) is 4.47. The fraction of sp³-hybridized carbons (Fsp3) is 0.200. The molecule has 0 aromatic heterocycles. The van der Waals surface area contributed by atoms with E-state index in [9.17, 15) is 5.11 Å². The Morgan fingerprint density at radius 3 is 2.25 bits per heavy atom.